The summed E-state index contributed by atoms with van der Waals surface area (Å²) in [6, 6.07) is 9.79. The standard InChI is InChI=1S/C17H15N3O4/c21-14-7-8-15(22)20(14)10-11-3-5-12(6-4-11)19-17(24)13-2-1-9-18-16(13)23/h1-6,9H,7-8,10H2,(H,18,23)(H,19,24). The van der Waals surface area contributed by atoms with Crippen LogP contribution in [-0.4, -0.2) is 27.6 Å². The average molecular weight is 325 g/mol. The average Bonchev–Trinajstić information content (AvgIpc) is 2.89. The van der Waals surface area contributed by atoms with Crippen molar-refractivity contribution in [3.05, 3.63) is 64.1 Å². The van der Waals surface area contributed by atoms with Crippen molar-refractivity contribution in [2.45, 2.75) is 19.4 Å². The summed E-state index contributed by atoms with van der Waals surface area (Å²) in [6.07, 6.45) is 1.98. The summed E-state index contributed by atoms with van der Waals surface area (Å²) in [5, 5.41) is 2.63. The zero-order chi connectivity index (χ0) is 17.1. The number of amides is 3. The Hall–Kier alpha value is -3.22. The molecule has 0 bridgehead atoms. The Kier molecular flexibility index (Phi) is 4.24. The number of anilines is 1. The Morgan fingerprint density at radius 2 is 1.71 bits per heavy atom. The molecule has 122 valence electrons. The van der Waals surface area contributed by atoms with Crippen molar-refractivity contribution < 1.29 is 14.4 Å². The van der Waals surface area contributed by atoms with Crippen LogP contribution in [-0.2, 0) is 16.1 Å². The number of rotatable bonds is 4. The highest BCUT2D eigenvalue weighted by Crippen LogP contribution is 2.17. The molecule has 7 heteroatoms. The van der Waals surface area contributed by atoms with Gasteiger partial charge in [-0.15, -0.1) is 0 Å². The van der Waals surface area contributed by atoms with Crippen molar-refractivity contribution in [1.82, 2.24) is 9.88 Å². The molecule has 1 aromatic heterocycles. The molecule has 3 rings (SSSR count). The maximum Gasteiger partial charge on any atom is 0.261 e. The largest absolute Gasteiger partial charge is 0.328 e. The number of aromatic amines is 1. The second-order valence-corrected chi connectivity index (χ2v) is 5.44. The normalized spacial score (nSPS) is 14.1. The summed E-state index contributed by atoms with van der Waals surface area (Å²) in [5.41, 5.74) is 0.868. The fourth-order valence-electron chi connectivity index (χ4n) is 2.47. The van der Waals surface area contributed by atoms with Crippen LogP contribution in [0.1, 0.15) is 28.8 Å². The van der Waals surface area contributed by atoms with Gasteiger partial charge in [0.05, 0.1) is 6.54 Å². The topological polar surface area (TPSA) is 99.3 Å². The Morgan fingerprint density at radius 1 is 1.04 bits per heavy atom. The van der Waals surface area contributed by atoms with Crippen LogP contribution < -0.4 is 10.9 Å². The first-order chi connectivity index (χ1) is 11.5. The van der Waals surface area contributed by atoms with Gasteiger partial charge in [0.15, 0.2) is 0 Å². The van der Waals surface area contributed by atoms with E-state index in [-0.39, 0.29) is 36.8 Å². The summed E-state index contributed by atoms with van der Waals surface area (Å²) in [7, 11) is 0. The number of likely N-dealkylation sites (tertiary alicyclic amines) is 1. The SMILES string of the molecule is O=C(Nc1ccc(CN2C(=O)CCC2=O)cc1)c1ccc[nH]c1=O. The van der Waals surface area contributed by atoms with Crippen LogP contribution in [0.15, 0.2) is 47.4 Å². The number of imide groups is 1. The lowest BCUT2D eigenvalue weighted by Crippen LogP contribution is -2.28. The zero-order valence-electron chi connectivity index (χ0n) is 12.7. The number of H-pyrrole nitrogens is 1. The molecule has 1 aliphatic rings. The first-order valence-corrected chi connectivity index (χ1v) is 7.46. The minimum atomic E-state index is -0.505. The van der Waals surface area contributed by atoms with E-state index in [0.29, 0.717) is 5.69 Å². The summed E-state index contributed by atoms with van der Waals surface area (Å²) >= 11 is 0. The third kappa shape index (κ3) is 3.24. The van der Waals surface area contributed by atoms with E-state index in [2.05, 4.69) is 10.3 Å². The Morgan fingerprint density at radius 3 is 2.33 bits per heavy atom. The van der Waals surface area contributed by atoms with E-state index >= 15 is 0 Å². The molecule has 0 atom stereocenters. The fourth-order valence-corrected chi connectivity index (χ4v) is 2.47. The lowest BCUT2D eigenvalue weighted by Gasteiger charge is -2.14. The summed E-state index contributed by atoms with van der Waals surface area (Å²) in [5.74, 6) is -0.837. The molecule has 7 nitrogen and oxygen atoms in total. The van der Waals surface area contributed by atoms with E-state index in [0.717, 1.165) is 5.56 Å². The van der Waals surface area contributed by atoms with Gasteiger partial charge in [-0.05, 0) is 29.8 Å². The van der Waals surface area contributed by atoms with Crippen LogP contribution in [0, 0.1) is 0 Å². The van der Waals surface area contributed by atoms with Gasteiger partial charge in [0.25, 0.3) is 11.5 Å². The summed E-state index contributed by atoms with van der Waals surface area (Å²) < 4.78 is 0. The molecule has 0 saturated carbocycles. The van der Waals surface area contributed by atoms with Crippen molar-refractivity contribution >= 4 is 23.4 Å². The van der Waals surface area contributed by atoms with E-state index in [9.17, 15) is 19.2 Å². The highest BCUT2D eigenvalue weighted by molar-refractivity contribution is 6.04. The van der Waals surface area contributed by atoms with Crippen LogP contribution in [0.5, 0.6) is 0 Å². The molecule has 0 unspecified atom stereocenters. The minimum absolute atomic E-state index is 0.0230. The Labute approximate surface area is 137 Å². The third-order valence-corrected chi connectivity index (χ3v) is 3.77. The maximum atomic E-state index is 12.1. The quantitative estimate of drug-likeness (QED) is 0.827. The Balaban J connectivity index is 1.68. The van der Waals surface area contributed by atoms with Gasteiger partial charge in [-0.25, -0.2) is 0 Å². The van der Waals surface area contributed by atoms with E-state index < -0.39 is 11.5 Å². The highest BCUT2D eigenvalue weighted by Gasteiger charge is 2.28. The van der Waals surface area contributed by atoms with Gasteiger partial charge in [0, 0.05) is 24.7 Å². The van der Waals surface area contributed by atoms with Crippen molar-refractivity contribution in [2.24, 2.45) is 0 Å². The maximum absolute atomic E-state index is 12.1. The number of aromatic nitrogens is 1. The number of benzene rings is 1. The number of carbonyl (C=O) groups is 3. The van der Waals surface area contributed by atoms with Gasteiger partial charge >= 0.3 is 0 Å². The lowest BCUT2D eigenvalue weighted by atomic mass is 10.2. The number of pyridine rings is 1. The molecule has 2 heterocycles. The molecule has 1 aromatic carbocycles. The molecule has 2 aromatic rings. The van der Waals surface area contributed by atoms with E-state index in [1.807, 2.05) is 0 Å². The molecule has 1 saturated heterocycles. The van der Waals surface area contributed by atoms with E-state index in [4.69, 9.17) is 0 Å². The molecule has 3 amide bonds. The molecule has 1 fully saturated rings. The summed E-state index contributed by atoms with van der Waals surface area (Å²) in [6.45, 7) is 0.226. The molecular weight excluding hydrogens is 310 g/mol. The van der Waals surface area contributed by atoms with Gasteiger partial charge < -0.3 is 10.3 Å². The lowest BCUT2D eigenvalue weighted by molar-refractivity contribution is -0.139. The predicted octanol–water partition coefficient (Wildman–Crippen LogP) is 1.28. The first-order valence-electron chi connectivity index (χ1n) is 7.46. The molecule has 0 spiro atoms. The second-order valence-electron chi connectivity index (χ2n) is 5.44. The number of nitrogens with zero attached hydrogens (tertiary/aromatic N) is 1. The number of hydrogen-bond acceptors (Lipinski definition) is 4. The molecule has 1 aliphatic heterocycles. The molecule has 2 N–H and O–H groups in total. The van der Waals surface area contributed by atoms with Crippen LogP contribution in [0.4, 0.5) is 5.69 Å². The van der Waals surface area contributed by atoms with Gasteiger partial charge in [-0.1, -0.05) is 12.1 Å². The summed E-state index contributed by atoms with van der Waals surface area (Å²) in [4.78, 5) is 50.5. The predicted molar refractivity (Wildman–Crippen MR) is 86.2 cm³/mol. The van der Waals surface area contributed by atoms with Gasteiger partial charge in [0.2, 0.25) is 11.8 Å². The van der Waals surface area contributed by atoms with Crippen molar-refractivity contribution in [3.8, 4) is 0 Å². The van der Waals surface area contributed by atoms with Gasteiger partial charge in [-0.2, -0.15) is 0 Å². The molecule has 0 aliphatic carbocycles. The number of nitrogens with one attached hydrogen (secondary N) is 2. The van der Waals surface area contributed by atoms with Gasteiger partial charge in [0.1, 0.15) is 5.56 Å². The van der Waals surface area contributed by atoms with E-state index in [1.165, 1.54) is 17.2 Å². The Bertz CT molecular complexity index is 839. The van der Waals surface area contributed by atoms with Crippen LogP contribution in [0.3, 0.4) is 0 Å². The van der Waals surface area contributed by atoms with Crippen molar-refractivity contribution in [3.63, 3.8) is 0 Å². The molecular formula is C17H15N3O4. The highest BCUT2D eigenvalue weighted by atomic mass is 16.2. The van der Waals surface area contributed by atoms with Crippen LogP contribution >= 0.6 is 0 Å². The monoisotopic (exact) mass is 325 g/mol. The molecule has 24 heavy (non-hydrogen) atoms. The number of hydrogen-bond donors (Lipinski definition) is 2. The number of carbonyl (C=O) groups excluding carboxylic acids is 3. The third-order valence-electron chi connectivity index (χ3n) is 3.77. The first kappa shape index (κ1) is 15.7. The second kappa shape index (κ2) is 6.49. The van der Waals surface area contributed by atoms with Crippen molar-refractivity contribution in [2.75, 3.05) is 5.32 Å². The van der Waals surface area contributed by atoms with Crippen LogP contribution in [0.25, 0.3) is 0 Å². The molecule has 0 radical (unpaired) electrons. The van der Waals surface area contributed by atoms with E-state index in [1.54, 1.807) is 30.3 Å². The van der Waals surface area contributed by atoms with Crippen LogP contribution in [0.2, 0.25) is 0 Å². The smallest absolute Gasteiger partial charge is 0.261 e. The zero-order valence-corrected chi connectivity index (χ0v) is 12.7. The fraction of sp³-hybridized carbons (Fsp3) is 0.176. The van der Waals surface area contributed by atoms with Gasteiger partial charge in [-0.3, -0.25) is 24.1 Å². The van der Waals surface area contributed by atoms with Crippen molar-refractivity contribution in [1.29, 1.82) is 0 Å². The minimum Gasteiger partial charge on any atom is -0.328 e.